The molecule has 3 nitrogen and oxygen atoms in total. The van der Waals surface area contributed by atoms with Crippen molar-refractivity contribution < 1.29 is 4.79 Å². The number of amides is 1. The van der Waals surface area contributed by atoms with Gasteiger partial charge in [-0.15, -0.1) is 0 Å². The molecule has 0 heterocycles. The van der Waals surface area contributed by atoms with Crippen LogP contribution in [0.2, 0.25) is 0 Å². The molecule has 0 unspecified atom stereocenters. The number of anilines is 3. The highest BCUT2D eigenvalue weighted by Gasteiger charge is 2.02. The van der Waals surface area contributed by atoms with Gasteiger partial charge < -0.3 is 10.6 Å². The molecule has 0 saturated heterocycles. The van der Waals surface area contributed by atoms with E-state index in [-0.39, 0.29) is 5.91 Å². The van der Waals surface area contributed by atoms with Gasteiger partial charge in [0.25, 0.3) is 0 Å². The van der Waals surface area contributed by atoms with Crippen LogP contribution < -0.4 is 10.6 Å². The Morgan fingerprint density at radius 2 is 1.76 bits per heavy atom. The van der Waals surface area contributed by atoms with E-state index in [0.29, 0.717) is 6.42 Å². The average molecular weight is 347 g/mol. The topological polar surface area (TPSA) is 41.1 Å². The van der Waals surface area contributed by atoms with Gasteiger partial charge in [-0.05, 0) is 48.9 Å². The molecular weight excluding hydrogens is 328 g/mol. The van der Waals surface area contributed by atoms with E-state index in [1.165, 1.54) is 0 Å². The van der Waals surface area contributed by atoms with Crippen LogP contribution in [0.4, 0.5) is 17.1 Å². The van der Waals surface area contributed by atoms with Crippen LogP contribution in [0.3, 0.4) is 0 Å². The van der Waals surface area contributed by atoms with Gasteiger partial charge in [0.15, 0.2) is 0 Å². The third-order valence-corrected chi connectivity index (χ3v) is 3.53. The predicted molar refractivity (Wildman–Crippen MR) is 92.0 cm³/mol. The lowest BCUT2D eigenvalue weighted by Crippen LogP contribution is -2.10. The van der Waals surface area contributed by atoms with Crippen molar-refractivity contribution in [3.8, 4) is 0 Å². The second-order valence-electron chi connectivity index (χ2n) is 4.86. The van der Waals surface area contributed by atoms with E-state index in [1.54, 1.807) is 0 Å². The first kappa shape index (κ1) is 15.6. The van der Waals surface area contributed by atoms with E-state index in [1.807, 2.05) is 48.5 Å². The van der Waals surface area contributed by atoms with Gasteiger partial charge in [0.2, 0.25) is 5.91 Å². The lowest BCUT2D eigenvalue weighted by Gasteiger charge is -2.09. The van der Waals surface area contributed by atoms with Crippen LogP contribution in [0.1, 0.15) is 26.2 Å². The Bertz CT molecular complexity index is 596. The molecule has 2 N–H and O–H groups in total. The van der Waals surface area contributed by atoms with Crippen LogP contribution in [0.5, 0.6) is 0 Å². The molecule has 110 valence electrons. The minimum atomic E-state index is 0.0737. The molecule has 0 radical (unpaired) electrons. The molecule has 0 spiro atoms. The SMILES string of the molecule is CCCCC(=O)Nc1ccc(Nc2cccc(Br)c2)cc1. The molecule has 4 heteroatoms. The van der Waals surface area contributed by atoms with Crippen molar-refractivity contribution in [2.45, 2.75) is 26.2 Å². The highest BCUT2D eigenvalue weighted by atomic mass is 79.9. The predicted octanol–water partition coefficient (Wildman–Crippen LogP) is 5.32. The van der Waals surface area contributed by atoms with Crippen LogP contribution in [0, 0.1) is 0 Å². The van der Waals surface area contributed by atoms with E-state index >= 15 is 0 Å². The summed E-state index contributed by atoms with van der Waals surface area (Å²) in [6.45, 7) is 2.08. The Kier molecular flexibility index (Phi) is 5.81. The summed E-state index contributed by atoms with van der Waals surface area (Å²) in [4.78, 5) is 11.7. The molecule has 0 saturated carbocycles. The van der Waals surface area contributed by atoms with Gasteiger partial charge in [-0.2, -0.15) is 0 Å². The molecule has 0 fully saturated rings. The standard InChI is InChI=1S/C17H19BrN2O/c1-2-3-7-17(21)20-15-10-8-14(9-11-15)19-16-6-4-5-13(18)12-16/h4-6,8-12,19H,2-3,7H2,1H3,(H,20,21). The van der Waals surface area contributed by atoms with Crippen molar-refractivity contribution in [2.24, 2.45) is 0 Å². The summed E-state index contributed by atoms with van der Waals surface area (Å²) in [5.74, 6) is 0.0737. The van der Waals surface area contributed by atoms with E-state index < -0.39 is 0 Å². The molecule has 21 heavy (non-hydrogen) atoms. The second-order valence-corrected chi connectivity index (χ2v) is 5.78. The fraction of sp³-hybridized carbons (Fsp3) is 0.235. The zero-order valence-corrected chi connectivity index (χ0v) is 13.6. The van der Waals surface area contributed by atoms with Gasteiger partial charge in [-0.25, -0.2) is 0 Å². The summed E-state index contributed by atoms with van der Waals surface area (Å²) < 4.78 is 1.03. The first-order chi connectivity index (χ1) is 10.2. The van der Waals surface area contributed by atoms with Crippen LogP contribution in [0.15, 0.2) is 53.0 Å². The number of hydrogen-bond donors (Lipinski definition) is 2. The number of carbonyl (C=O) groups excluding carboxylic acids is 1. The maximum Gasteiger partial charge on any atom is 0.224 e. The second kappa shape index (κ2) is 7.84. The number of unbranched alkanes of at least 4 members (excludes halogenated alkanes) is 1. The van der Waals surface area contributed by atoms with Crippen molar-refractivity contribution in [1.29, 1.82) is 0 Å². The maximum absolute atomic E-state index is 11.7. The van der Waals surface area contributed by atoms with Crippen molar-refractivity contribution in [3.05, 3.63) is 53.0 Å². The maximum atomic E-state index is 11.7. The van der Waals surface area contributed by atoms with E-state index in [4.69, 9.17) is 0 Å². The molecule has 0 bridgehead atoms. The highest BCUT2D eigenvalue weighted by molar-refractivity contribution is 9.10. The molecule has 0 aliphatic carbocycles. The van der Waals surface area contributed by atoms with Crippen LogP contribution in [-0.4, -0.2) is 5.91 Å². The van der Waals surface area contributed by atoms with Gasteiger partial charge in [0, 0.05) is 28.0 Å². The van der Waals surface area contributed by atoms with Crippen LogP contribution in [-0.2, 0) is 4.79 Å². The van der Waals surface area contributed by atoms with Crippen LogP contribution in [0.25, 0.3) is 0 Å². The van der Waals surface area contributed by atoms with Gasteiger partial charge in [-0.3, -0.25) is 4.79 Å². The quantitative estimate of drug-likeness (QED) is 0.742. The summed E-state index contributed by atoms with van der Waals surface area (Å²) in [6.07, 6.45) is 2.53. The zero-order valence-electron chi connectivity index (χ0n) is 12.0. The van der Waals surface area contributed by atoms with E-state index in [2.05, 4.69) is 33.5 Å². The zero-order chi connectivity index (χ0) is 15.1. The molecule has 0 atom stereocenters. The number of nitrogens with one attached hydrogen (secondary N) is 2. The Labute approximate surface area is 133 Å². The largest absolute Gasteiger partial charge is 0.355 e. The molecule has 0 aromatic heterocycles. The molecule has 0 aliphatic rings. The molecule has 2 aromatic carbocycles. The molecule has 2 rings (SSSR count). The minimum absolute atomic E-state index is 0.0737. The molecule has 1 amide bonds. The summed E-state index contributed by atoms with van der Waals surface area (Å²) in [6, 6.07) is 15.7. The Morgan fingerprint density at radius 1 is 1.05 bits per heavy atom. The van der Waals surface area contributed by atoms with Crippen molar-refractivity contribution >= 4 is 38.9 Å². The Hall–Kier alpha value is -1.81. The normalized spacial score (nSPS) is 10.2. The summed E-state index contributed by atoms with van der Waals surface area (Å²) >= 11 is 3.45. The van der Waals surface area contributed by atoms with Gasteiger partial charge in [0.05, 0.1) is 0 Å². The molecule has 2 aromatic rings. The van der Waals surface area contributed by atoms with Gasteiger partial charge >= 0.3 is 0 Å². The Balaban J connectivity index is 1.94. The fourth-order valence-electron chi connectivity index (χ4n) is 1.93. The summed E-state index contributed by atoms with van der Waals surface area (Å²) in [7, 11) is 0. The fourth-order valence-corrected chi connectivity index (χ4v) is 2.33. The van der Waals surface area contributed by atoms with E-state index in [9.17, 15) is 4.79 Å². The minimum Gasteiger partial charge on any atom is -0.355 e. The van der Waals surface area contributed by atoms with Crippen LogP contribution >= 0.6 is 15.9 Å². The number of rotatable bonds is 6. The monoisotopic (exact) mass is 346 g/mol. The lowest BCUT2D eigenvalue weighted by atomic mass is 10.2. The van der Waals surface area contributed by atoms with Gasteiger partial charge in [-0.1, -0.05) is 35.3 Å². The number of carbonyl (C=O) groups is 1. The third kappa shape index (κ3) is 5.23. The van der Waals surface area contributed by atoms with Crippen molar-refractivity contribution in [1.82, 2.24) is 0 Å². The highest BCUT2D eigenvalue weighted by Crippen LogP contribution is 2.21. The van der Waals surface area contributed by atoms with Crippen molar-refractivity contribution in [2.75, 3.05) is 10.6 Å². The smallest absolute Gasteiger partial charge is 0.224 e. The van der Waals surface area contributed by atoms with E-state index in [0.717, 1.165) is 34.4 Å². The number of hydrogen-bond acceptors (Lipinski definition) is 2. The lowest BCUT2D eigenvalue weighted by molar-refractivity contribution is -0.116. The first-order valence-electron chi connectivity index (χ1n) is 7.10. The van der Waals surface area contributed by atoms with Gasteiger partial charge in [0.1, 0.15) is 0 Å². The number of benzene rings is 2. The number of halogens is 1. The average Bonchev–Trinajstić information content (AvgIpc) is 2.47. The molecular formula is C17H19BrN2O. The molecule has 0 aliphatic heterocycles. The van der Waals surface area contributed by atoms with Crippen molar-refractivity contribution in [3.63, 3.8) is 0 Å². The summed E-state index contributed by atoms with van der Waals surface area (Å²) in [5.41, 5.74) is 2.83. The third-order valence-electron chi connectivity index (χ3n) is 3.04. The first-order valence-corrected chi connectivity index (χ1v) is 7.89. The Morgan fingerprint density at radius 3 is 2.43 bits per heavy atom. The summed E-state index contributed by atoms with van der Waals surface area (Å²) in [5, 5.41) is 6.22.